The molecule has 2 aliphatic heterocycles. The van der Waals surface area contributed by atoms with Crippen molar-refractivity contribution in [2.45, 2.75) is 31.7 Å². The number of hydrogen-bond acceptors (Lipinski definition) is 5. The van der Waals surface area contributed by atoms with Crippen LogP contribution in [0.5, 0.6) is 0 Å². The van der Waals surface area contributed by atoms with Crippen molar-refractivity contribution in [1.82, 2.24) is 29.0 Å². The molecule has 0 bridgehead atoms. The standard InChI is InChI=1S/C18H20N6O3/c1-21-17(26)24-12-18(27-10-15(24)20-21)6-7-22(11-18)16(25)9-23-8-13-4-2-3-5-14(13)19-23/h2-5,8H,6-7,9-12H2,1H3. The smallest absolute Gasteiger partial charge is 0.345 e. The number of nitrogens with zero attached hydrogens (tertiary/aromatic N) is 6. The highest BCUT2D eigenvalue weighted by Crippen LogP contribution is 2.31. The van der Waals surface area contributed by atoms with Crippen LogP contribution in [0.15, 0.2) is 35.3 Å². The lowest BCUT2D eigenvalue weighted by molar-refractivity contribution is -0.134. The molecule has 1 fully saturated rings. The maximum atomic E-state index is 12.8. The normalized spacial score (nSPS) is 21.9. The first-order valence-corrected chi connectivity index (χ1v) is 9.00. The topological polar surface area (TPSA) is 87.2 Å². The van der Waals surface area contributed by atoms with Crippen LogP contribution in [0.2, 0.25) is 0 Å². The van der Waals surface area contributed by atoms with Gasteiger partial charge in [-0.1, -0.05) is 18.2 Å². The van der Waals surface area contributed by atoms with Gasteiger partial charge >= 0.3 is 5.69 Å². The first-order chi connectivity index (χ1) is 13.0. The van der Waals surface area contributed by atoms with E-state index in [0.717, 1.165) is 10.9 Å². The summed E-state index contributed by atoms with van der Waals surface area (Å²) < 4.78 is 10.7. The van der Waals surface area contributed by atoms with Gasteiger partial charge in [0.15, 0.2) is 5.82 Å². The Morgan fingerprint density at radius 1 is 1.26 bits per heavy atom. The van der Waals surface area contributed by atoms with Gasteiger partial charge in [-0.2, -0.15) is 10.2 Å². The van der Waals surface area contributed by atoms with Crippen molar-refractivity contribution in [2.24, 2.45) is 7.05 Å². The number of aromatic nitrogens is 5. The Labute approximate surface area is 154 Å². The van der Waals surface area contributed by atoms with Crippen LogP contribution < -0.4 is 5.69 Å². The van der Waals surface area contributed by atoms with Crippen molar-refractivity contribution >= 4 is 16.8 Å². The maximum Gasteiger partial charge on any atom is 0.345 e. The summed E-state index contributed by atoms with van der Waals surface area (Å²) >= 11 is 0. The van der Waals surface area contributed by atoms with E-state index >= 15 is 0 Å². The summed E-state index contributed by atoms with van der Waals surface area (Å²) in [6.07, 6.45) is 2.60. The highest BCUT2D eigenvalue weighted by molar-refractivity contribution is 5.80. The number of amides is 1. The average molecular weight is 368 g/mol. The van der Waals surface area contributed by atoms with Crippen molar-refractivity contribution in [3.8, 4) is 0 Å². The van der Waals surface area contributed by atoms with Gasteiger partial charge in [0, 0.05) is 25.2 Å². The number of aryl methyl sites for hydroxylation is 1. The number of rotatable bonds is 2. The zero-order valence-corrected chi connectivity index (χ0v) is 15.0. The fourth-order valence-electron chi connectivity index (χ4n) is 4.01. The Bertz CT molecular complexity index is 1060. The van der Waals surface area contributed by atoms with E-state index in [4.69, 9.17) is 4.74 Å². The van der Waals surface area contributed by atoms with Gasteiger partial charge in [-0.3, -0.25) is 14.0 Å². The van der Waals surface area contributed by atoms with E-state index in [2.05, 4.69) is 10.2 Å². The zero-order chi connectivity index (χ0) is 18.6. The second-order valence-corrected chi connectivity index (χ2v) is 7.33. The molecule has 0 saturated carbocycles. The number of hydrogen-bond donors (Lipinski definition) is 0. The molecule has 9 heteroatoms. The van der Waals surface area contributed by atoms with Gasteiger partial charge in [-0.25, -0.2) is 9.48 Å². The average Bonchev–Trinajstić information content (AvgIpc) is 3.33. The molecule has 1 amide bonds. The third-order valence-electron chi connectivity index (χ3n) is 5.47. The molecular weight excluding hydrogens is 348 g/mol. The third-order valence-corrected chi connectivity index (χ3v) is 5.47. The molecule has 1 unspecified atom stereocenters. The van der Waals surface area contributed by atoms with E-state index in [0.29, 0.717) is 38.5 Å². The van der Waals surface area contributed by atoms with E-state index in [-0.39, 0.29) is 18.1 Å². The third kappa shape index (κ3) is 2.66. The molecule has 1 atom stereocenters. The van der Waals surface area contributed by atoms with Gasteiger partial charge in [0.1, 0.15) is 18.8 Å². The summed E-state index contributed by atoms with van der Waals surface area (Å²) in [6.45, 7) is 2.02. The molecule has 0 N–H and O–H groups in total. The highest BCUT2D eigenvalue weighted by Gasteiger charge is 2.44. The van der Waals surface area contributed by atoms with Crippen molar-refractivity contribution in [3.05, 3.63) is 46.8 Å². The van der Waals surface area contributed by atoms with Gasteiger partial charge in [0.05, 0.1) is 18.6 Å². The molecule has 1 spiro atoms. The minimum atomic E-state index is -0.510. The predicted molar refractivity (Wildman–Crippen MR) is 95.9 cm³/mol. The molecule has 140 valence electrons. The second kappa shape index (κ2) is 5.78. The summed E-state index contributed by atoms with van der Waals surface area (Å²) in [6, 6.07) is 7.80. The van der Waals surface area contributed by atoms with E-state index < -0.39 is 5.60 Å². The maximum absolute atomic E-state index is 12.8. The van der Waals surface area contributed by atoms with Crippen LogP contribution in [0.1, 0.15) is 12.2 Å². The van der Waals surface area contributed by atoms with Gasteiger partial charge in [-0.05, 0) is 12.5 Å². The molecule has 27 heavy (non-hydrogen) atoms. The fraction of sp³-hybridized carbons (Fsp3) is 0.444. The second-order valence-electron chi connectivity index (χ2n) is 7.33. The summed E-state index contributed by atoms with van der Waals surface area (Å²) in [4.78, 5) is 26.8. The Kier molecular flexibility index (Phi) is 3.48. The molecule has 1 aromatic carbocycles. The molecule has 2 aliphatic rings. The molecular formula is C18H20N6O3. The molecule has 4 heterocycles. The van der Waals surface area contributed by atoms with Crippen LogP contribution >= 0.6 is 0 Å². The largest absolute Gasteiger partial charge is 0.363 e. The molecule has 0 aliphatic carbocycles. The van der Waals surface area contributed by atoms with Gasteiger partial charge < -0.3 is 9.64 Å². The minimum absolute atomic E-state index is 0.00705. The van der Waals surface area contributed by atoms with Gasteiger partial charge in [-0.15, -0.1) is 0 Å². The Morgan fingerprint density at radius 2 is 2.11 bits per heavy atom. The first-order valence-electron chi connectivity index (χ1n) is 9.00. The minimum Gasteiger partial charge on any atom is -0.363 e. The van der Waals surface area contributed by atoms with Crippen LogP contribution in [0, 0.1) is 0 Å². The molecule has 2 aromatic heterocycles. The van der Waals surface area contributed by atoms with Crippen LogP contribution in [0.3, 0.4) is 0 Å². The Morgan fingerprint density at radius 3 is 2.96 bits per heavy atom. The van der Waals surface area contributed by atoms with Crippen LogP contribution in [-0.2, 0) is 36.3 Å². The van der Waals surface area contributed by atoms with E-state index in [1.807, 2.05) is 30.5 Å². The van der Waals surface area contributed by atoms with Crippen LogP contribution in [-0.4, -0.2) is 53.6 Å². The van der Waals surface area contributed by atoms with Crippen molar-refractivity contribution in [1.29, 1.82) is 0 Å². The summed E-state index contributed by atoms with van der Waals surface area (Å²) in [5.74, 6) is 0.647. The number of ether oxygens (including phenoxy) is 1. The molecule has 1 saturated heterocycles. The lowest BCUT2D eigenvalue weighted by Crippen LogP contribution is -2.47. The number of likely N-dealkylation sites (tertiary alicyclic amines) is 1. The van der Waals surface area contributed by atoms with Crippen molar-refractivity contribution in [3.63, 3.8) is 0 Å². The number of benzene rings is 1. The highest BCUT2D eigenvalue weighted by atomic mass is 16.5. The number of fused-ring (bicyclic) bond motifs is 2. The van der Waals surface area contributed by atoms with Crippen LogP contribution in [0.4, 0.5) is 0 Å². The lowest BCUT2D eigenvalue weighted by Gasteiger charge is -2.33. The van der Waals surface area contributed by atoms with Crippen molar-refractivity contribution in [2.75, 3.05) is 13.1 Å². The van der Waals surface area contributed by atoms with Crippen LogP contribution in [0.25, 0.3) is 10.9 Å². The van der Waals surface area contributed by atoms with Gasteiger partial charge in [0.25, 0.3) is 0 Å². The fourth-order valence-corrected chi connectivity index (χ4v) is 4.01. The lowest BCUT2D eigenvalue weighted by atomic mass is 10.0. The predicted octanol–water partition coefficient (Wildman–Crippen LogP) is 0.133. The first kappa shape index (κ1) is 16.2. The Hall–Kier alpha value is -2.94. The molecule has 0 radical (unpaired) electrons. The van der Waals surface area contributed by atoms with Crippen molar-refractivity contribution < 1.29 is 9.53 Å². The quantitative estimate of drug-likeness (QED) is 0.642. The Balaban J connectivity index is 1.31. The van der Waals surface area contributed by atoms with E-state index in [1.54, 1.807) is 21.2 Å². The molecule has 9 nitrogen and oxygen atoms in total. The summed E-state index contributed by atoms with van der Waals surface area (Å²) in [5, 5.41) is 9.66. The monoisotopic (exact) mass is 368 g/mol. The number of carbonyl (C=O) groups is 1. The van der Waals surface area contributed by atoms with E-state index in [9.17, 15) is 9.59 Å². The molecule has 3 aromatic rings. The summed E-state index contributed by atoms with van der Waals surface area (Å²) in [5.41, 5.74) is 0.229. The summed E-state index contributed by atoms with van der Waals surface area (Å²) in [7, 11) is 1.64. The van der Waals surface area contributed by atoms with E-state index in [1.165, 1.54) is 4.68 Å². The number of carbonyl (C=O) groups excluding carboxylic acids is 1. The molecule has 5 rings (SSSR count). The van der Waals surface area contributed by atoms with Gasteiger partial charge in [0.2, 0.25) is 5.91 Å². The SMILES string of the molecule is Cn1nc2n(c1=O)CC1(CCN(C(=O)Cn3cc4ccccc4n3)C1)OC2. The zero-order valence-electron chi connectivity index (χ0n) is 15.0.